The molecule has 20 heavy (non-hydrogen) atoms. The molecule has 112 valence electrons. The molecule has 2 atom stereocenters. The van der Waals surface area contributed by atoms with Crippen LogP contribution in [-0.2, 0) is 6.42 Å². The molecule has 1 aromatic rings. The van der Waals surface area contributed by atoms with Gasteiger partial charge in [-0.05, 0) is 33.1 Å². The monoisotopic (exact) mass is 279 g/mol. The van der Waals surface area contributed by atoms with E-state index in [2.05, 4.69) is 21.8 Å². The molecule has 0 aliphatic carbocycles. The lowest BCUT2D eigenvalue weighted by atomic mass is 9.86. The molecule has 2 rings (SSSR count). The Morgan fingerprint density at radius 3 is 2.55 bits per heavy atom. The van der Waals surface area contributed by atoms with Gasteiger partial charge < -0.3 is 15.1 Å². The minimum Gasteiger partial charge on any atom is -0.388 e. The third-order valence-corrected chi connectivity index (χ3v) is 4.40. The Bertz CT molecular complexity index is 492. The molecule has 1 aliphatic heterocycles. The standard InChI is InChI=1S/C15H25N3O2/c1-5-12-10(3)16-11(4)17-14(12)18-8-7-15(20,6-2)13(19)9-18/h13,19-20H,5-9H2,1-4H3/t13-,15-/m1/s1. The number of aryl methyl sites for hydroxylation is 2. The van der Waals surface area contributed by atoms with Crippen molar-refractivity contribution in [2.24, 2.45) is 0 Å². The Kier molecular flexibility index (Phi) is 4.30. The van der Waals surface area contributed by atoms with Crippen LogP contribution in [0.25, 0.3) is 0 Å². The van der Waals surface area contributed by atoms with Gasteiger partial charge in [0.1, 0.15) is 17.7 Å². The topological polar surface area (TPSA) is 69.5 Å². The van der Waals surface area contributed by atoms with Gasteiger partial charge in [0.2, 0.25) is 0 Å². The molecule has 1 fully saturated rings. The first-order valence-electron chi connectivity index (χ1n) is 7.40. The van der Waals surface area contributed by atoms with E-state index in [4.69, 9.17) is 0 Å². The molecule has 1 saturated heterocycles. The summed E-state index contributed by atoms with van der Waals surface area (Å²) in [5.74, 6) is 1.66. The van der Waals surface area contributed by atoms with E-state index in [-0.39, 0.29) is 0 Å². The van der Waals surface area contributed by atoms with Crippen LogP contribution >= 0.6 is 0 Å². The third kappa shape index (κ3) is 2.65. The lowest BCUT2D eigenvalue weighted by Crippen LogP contribution is -2.55. The maximum Gasteiger partial charge on any atom is 0.135 e. The fourth-order valence-corrected chi connectivity index (χ4v) is 2.96. The molecular formula is C15H25N3O2. The molecule has 0 unspecified atom stereocenters. The first-order valence-corrected chi connectivity index (χ1v) is 7.40. The Morgan fingerprint density at radius 1 is 1.30 bits per heavy atom. The van der Waals surface area contributed by atoms with Gasteiger partial charge in [0, 0.05) is 24.3 Å². The largest absolute Gasteiger partial charge is 0.388 e. The molecule has 2 N–H and O–H groups in total. The van der Waals surface area contributed by atoms with Crippen molar-refractivity contribution >= 4 is 5.82 Å². The summed E-state index contributed by atoms with van der Waals surface area (Å²) >= 11 is 0. The summed E-state index contributed by atoms with van der Waals surface area (Å²) < 4.78 is 0. The second kappa shape index (κ2) is 5.66. The number of aliphatic hydroxyl groups is 2. The van der Waals surface area contributed by atoms with Crippen molar-refractivity contribution in [2.45, 2.75) is 58.7 Å². The molecule has 0 amide bonds. The van der Waals surface area contributed by atoms with Crippen LogP contribution in [0.15, 0.2) is 0 Å². The van der Waals surface area contributed by atoms with E-state index in [9.17, 15) is 10.2 Å². The molecule has 1 aliphatic rings. The normalized spacial score (nSPS) is 26.9. The summed E-state index contributed by atoms with van der Waals surface area (Å²) in [5, 5.41) is 20.6. The van der Waals surface area contributed by atoms with Crippen LogP contribution in [0.2, 0.25) is 0 Å². The van der Waals surface area contributed by atoms with Crippen molar-refractivity contribution in [1.29, 1.82) is 0 Å². The summed E-state index contributed by atoms with van der Waals surface area (Å²) in [6, 6.07) is 0. The summed E-state index contributed by atoms with van der Waals surface area (Å²) in [6.45, 7) is 9.03. The number of β-amino-alcohol motifs (C(OH)–C–C–N with tert-alkyl or cyclic N) is 1. The quantitative estimate of drug-likeness (QED) is 0.874. The van der Waals surface area contributed by atoms with Crippen molar-refractivity contribution < 1.29 is 10.2 Å². The number of aliphatic hydroxyl groups excluding tert-OH is 1. The molecule has 5 nitrogen and oxygen atoms in total. The summed E-state index contributed by atoms with van der Waals surface area (Å²) in [4.78, 5) is 11.1. The predicted octanol–water partition coefficient (Wildman–Crippen LogP) is 1.37. The van der Waals surface area contributed by atoms with Crippen molar-refractivity contribution in [3.8, 4) is 0 Å². The molecule has 0 saturated carbocycles. The van der Waals surface area contributed by atoms with Gasteiger partial charge in [-0.3, -0.25) is 0 Å². The zero-order valence-corrected chi connectivity index (χ0v) is 12.8. The van der Waals surface area contributed by atoms with Crippen LogP contribution in [0.5, 0.6) is 0 Å². The van der Waals surface area contributed by atoms with E-state index in [0.717, 1.165) is 29.3 Å². The van der Waals surface area contributed by atoms with Crippen LogP contribution in [0.4, 0.5) is 5.82 Å². The predicted molar refractivity (Wildman–Crippen MR) is 79.0 cm³/mol. The Hall–Kier alpha value is -1.20. The average Bonchev–Trinajstić information content (AvgIpc) is 2.41. The molecule has 0 bridgehead atoms. The van der Waals surface area contributed by atoms with Gasteiger partial charge in [-0.25, -0.2) is 9.97 Å². The van der Waals surface area contributed by atoms with Crippen LogP contribution in [0.3, 0.4) is 0 Å². The van der Waals surface area contributed by atoms with E-state index in [1.165, 1.54) is 0 Å². The van der Waals surface area contributed by atoms with Crippen LogP contribution in [0.1, 0.15) is 43.8 Å². The van der Waals surface area contributed by atoms with Gasteiger partial charge in [-0.15, -0.1) is 0 Å². The lowest BCUT2D eigenvalue weighted by Gasteiger charge is -2.42. The van der Waals surface area contributed by atoms with E-state index in [1.54, 1.807) is 0 Å². The highest BCUT2D eigenvalue weighted by Gasteiger charge is 2.39. The number of piperidine rings is 1. The Morgan fingerprint density at radius 2 is 2.00 bits per heavy atom. The minimum absolute atomic E-state index is 0.424. The SMILES string of the molecule is CCc1c(C)nc(C)nc1N1CC[C@](O)(CC)[C@H](O)C1. The maximum absolute atomic E-state index is 10.3. The molecule has 2 heterocycles. The van der Waals surface area contributed by atoms with Crippen LogP contribution in [0, 0.1) is 13.8 Å². The fourth-order valence-electron chi connectivity index (χ4n) is 2.96. The average molecular weight is 279 g/mol. The first-order chi connectivity index (χ1) is 9.41. The number of nitrogens with zero attached hydrogens (tertiary/aromatic N) is 3. The zero-order valence-electron chi connectivity index (χ0n) is 12.8. The van der Waals surface area contributed by atoms with E-state index in [0.29, 0.717) is 25.9 Å². The van der Waals surface area contributed by atoms with Crippen molar-refractivity contribution in [2.75, 3.05) is 18.0 Å². The van der Waals surface area contributed by atoms with Gasteiger partial charge >= 0.3 is 0 Å². The van der Waals surface area contributed by atoms with E-state index >= 15 is 0 Å². The summed E-state index contributed by atoms with van der Waals surface area (Å²) in [5.41, 5.74) is 1.17. The third-order valence-electron chi connectivity index (χ3n) is 4.40. The number of hydrogen-bond acceptors (Lipinski definition) is 5. The highest BCUT2D eigenvalue weighted by atomic mass is 16.3. The number of aromatic nitrogens is 2. The Balaban J connectivity index is 2.30. The number of hydrogen-bond donors (Lipinski definition) is 2. The molecule has 0 radical (unpaired) electrons. The van der Waals surface area contributed by atoms with Gasteiger partial charge in [0.15, 0.2) is 0 Å². The molecule has 5 heteroatoms. The Labute approximate surface area is 120 Å². The van der Waals surface area contributed by atoms with Gasteiger partial charge in [-0.1, -0.05) is 13.8 Å². The fraction of sp³-hybridized carbons (Fsp3) is 0.733. The summed E-state index contributed by atoms with van der Waals surface area (Å²) in [6.07, 6.45) is 1.27. The van der Waals surface area contributed by atoms with Crippen molar-refractivity contribution in [3.63, 3.8) is 0 Å². The minimum atomic E-state index is -0.958. The van der Waals surface area contributed by atoms with Gasteiger partial charge in [-0.2, -0.15) is 0 Å². The van der Waals surface area contributed by atoms with Crippen molar-refractivity contribution in [1.82, 2.24) is 9.97 Å². The van der Waals surface area contributed by atoms with Crippen LogP contribution < -0.4 is 4.90 Å². The van der Waals surface area contributed by atoms with Gasteiger partial charge in [0.25, 0.3) is 0 Å². The second-order valence-corrected chi connectivity index (χ2v) is 5.68. The molecule has 0 aromatic carbocycles. The lowest BCUT2D eigenvalue weighted by molar-refractivity contribution is -0.0880. The molecular weight excluding hydrogens is 254 g/mol. The number of rotatable bonds is 3. The second-order valence-electron chi connectivity index (χ2n) is 5.68. The number of anilines is 1. The zero-order chi connectivity index (χ0) is 14.9. The van der Waals surface area contributed by atoms with Crippen molar-refractivity contribution in [3.05, 3.63) is 17.1 Å². The van der Waals surface area contributed by atoms with E-state index in [1.807, 2.05) is 20.8 Å². The highest BCUT2D eigenvalue weighted by Crippen LogP contribution is 2.30. The summed E-state index contributed by atoms with van der Waals surface area (Å²) in [7, 11) is 0. The smallest absolute Gasteiger partial charge is 0.135 e. The molecule has 1 aromatic heterocycles. The van der Waals surface area contributed by atoms with E-state index < -0.39 is 11.7 Å². The van der Waals surface area contributed by atoms with Gasteiger partial charge in [0.05, 0.1) is 5.60 Å². The molecule has 0 spiro atoms. The first kappa shape index (κ1) is 15.2. The maximum atomic E-state index is 10.3. The van der Waals surface area contributed by atoms with Crippen LogP contribution in [-0.4, -0.2) is 45.0 Å². The highest BCUT2D eigenvalue weighted by molar-refractivity contribution is 5.50.